The van der Waals surface area contributed by atoms with Crippen molar-refractivity contribution in [2.45, 2.75) is 97.4 Å². The van der Waals surface area contributed by atoms with E-state index in [1.807, 2.05) is 39.6 Å². The molecule has 29 heteroatoms. The predicted octanol–water partition coefficient (Wildman–Crippen LogP) is 10.0. The zero-order valence-corrected chi connectivity index (χ0v) is 35.1. The fourth-order valence-electron chi connectivity index (χ4n) is 1.78. The summed E-state index contributed by atoms with van der Waals surface area (Å²) in [5.74, 6) is -0.667. The van der Waals surface area contributed by atoms with Crippen molar-refractivity contribution in [3.63, 3.8) is 0 Å². The van der Waals surface area contributed by atoms with Crippen molar-refractivity contribution in [1.82, 2.24) is 0 Å². The number of ketones is 1. The van der Waals surface area contributed by atoms with Crippen molar-refractivity contribution in [2.24, 2.45) is 0 Å². The standard InChI is InChI=1S/C12H8Cl2O2S.C6H5Cl.C3H6O.C2H4O2.CH5PS.9CH4.2H2O4S.2O3S/c13-9-1-5-11(6-2-9)17(15,16)12-7-3-10(14)4-8-12;7-6-4-2-1-3-5-6;1-3(2)4;1-2(3)4;2-1-3;;;;;;;;;;2*1-5(2,3)4;2*1-4(2)3/h1-8H;1-5H;1-2H3;1H3,(H,3,4);3H,1-2H2;9*1H4;2*(H2,1,2,3,4);;/i;;;;1D2;;;;;;;;;;;;;. The maximum absolute atomic E-state index is 12.2. The van der Waals surface area contributed by atoms with E-state index in [9.17, 15) is 13.2 Å². The van der Waals surface area contributed by atoms with E-state index in [1.54, 1.807) is 24.3 Å². The molecule has 3 aromatic rings. The van der Waals surface area contributed by atoms with Crippen LogP contribution in [-0.4, -0.2) is 91.0 Å². The van der Waals surface area contributed by atoms with Crippen LogP contribution in [0.25, 0.3) is 0 Å². The molecule has 1 atom stereocenters. The Bertz CT molecular complexity index is 1930. The minimum atomic E-state index is -4.67. The number of carboxylic acids is 1. The molecule has 0 amide bonds. The topological polar surface area (TPSA) is 340 Å². The minimum Gasteiger partial charge on any atom is -0.481 e. The average molecular weight is 1100 g/mol. The minimum absolute atomic E-state index is 0. The second-order valence-corrected chi connectivity index (χ2v) is 14.5. The summed E-state index contributed by atoms with van der Waals surface area (Å²) < 4.78 is 151. The molecule has 1 unspecified atom stereocenters. The van der Waals surface area contributed by atoms with Crippen LogP contribution in [0.15, 0.2) is 88.7 Å². The number of rotatable bonds is 2. The fraction of sp³-hybridized carbons (Fsp3) is 0.394. The van der Waals surface area contributed by atoms with Crippen molar-refractivity contribution in [1.29, 1.82) is 0 Å². The Morgan fingerprint density at radius 1 is 0.548 bits per heavy atom. The first-order valence-electron chi connectivity index (χ1n) is 12.9. The van der Waals surface area contributed by atoms with Gasteiger partial charge in [-0.3, -0.25) is 23.0 Å². The maximum atomic E-state index is 12.2. The van der Waals surface area contributed by atoms with E-state index in [4.69, 9.17) is 108 Å². The van der Waals surface area contributed by atoms with E-state index in [0.29, 0.717) is 10.0 Å². The second-order valence-electron chi connectivity index (χ2n) is 7.57. The third-order valence-electron chi connectivity index (χ3n) is 2.98. The SMILES string of the molecule is C.C.C.C.C.C.C.C.C.CC(=O)O.CC(C)=O.Clc1ccccc1.O=S(=O)(O)O.O=S(=O)(O)O.O=S(=O)(c1ccc(Cl)cc1)c1ccc(Cl)cc1.O=S(=O)=O.O=S(=O)=O.[2H]C([2H])(P)S. The van der Waals surface area contributed by atoms with Crippen LogP contribution in [0.3, 0.4) is 0 Å². The first-order valence-corrected chi connectivity index (χ1v) is 20.3. The molecule has 0 saturated heterocycles. The smallest absolute Gasteiger partial charge is 0.425 e. The van der Waals surface area contributed by atoms with Gasteiger partial charge in [0.05, 0.1) is 9.79 Å². The summed E-state index contributed by atoms with van der Waals surface area (Å²) in [6.07, 6.45) is 0. The van der Waals surface area contributed by atoms with E-state index in [0.717, 1.165) is 11.9 Å². The molecule has 0 spiro atoms. The van der Waals surface area contributed by atoms with Crippen molar-refractivity contribution in [3.8, 4) is 0 Å². The number of carboxylic acid groups (broad SMARTS) is 1. The highest BCUT2D eigenvalue weighted by Gasteiger charge is 2.16. The zero-order chi connectivity index (χ0) is 45.4. The number of benzene rings is 3. The van der Waals surface area contributed by atoms with Gasteiger partial charge in [-0.05, 0) is 74.5 Å². The molecule has 0 aliphatic carbocycles. The van der Waals surface area contributed by atoms with Crippen molar-refractivity contribution in [3.05, 3.63) is 93.9 Å². The number of sulfone groups is 1. The molecule has 0 aliphatic heterocycles. The number of carbonyl (C=O) groups excluding carboxylic acids is 1. The third kappa shape index (κ3) is 131. The maximum Gasteiger partial charge on any atom is 0.425 e. The molecule has 376 valence electrons. The van der Waals surface area contributed by atoms with E-state index < -0.39 is 63.3 Å². The Hall–Kier alpha value is -2.62. The van der Waals surface area contributed by atoms with E-state index >= 15 is 0 Å². The lowest BCUT2D eigenvalue weighted by Gasteiger charge is -2.04. The number of carbonyl (C=O) groups is 2. The van der Waals surface area contributed by atoms with E-state index in [1.165, 1.54) is 38.1 Å². The molecule has 19 nitrogen and oxygen atoms in total. The van der Waals surface area contributed by atoms with Gasteiger partial charge in [-0.1, -0.05) is 120 Å². The predicted molar refractivity (Wildman–Crippen MR) is 261 cm³/mol. The molecule has 0 fully saturated rings. The van der Waals surface area contributed by atoms with Crippen LogP contribution < -0.4 is 0 Å². The van der Waals surface area contributed by atoms with Crippen molar-refractivity contribution in [2.75, 3.05) is 5.45 Å². The summed E-state index contributed by atoms with van der Waals surface area (Å²) >= 11 is 20.4. The van der Waals surface area contributed by atoms with Crippen molar-refractivity contribution < 1.29 is 86.2 Å². The van der Waals surface area contributed by atoms with Gasteiger partial charge in [-0.25, -0.2) is 8.42 Å². The van der Waals surface area contributed by atoms with Gasteiger partial charge in [0.15, 0.2) is 0 Å². The fourth-order valence-corrected chi connectivity index (χ4v) is 3.44. The lowest BCUT2D eigenvalue weighted by Crippen LogP contribution is -2.01. The Kier molecular flexibility index (Phi) is 91.8. The Labute approximate surface area is 400 Å². The van der Waals surface area contributed by atoms with Gasteiger partial charge in [-0.2, -0.15) is 29.5 Å². The Morgan fingerprint density at radius 3 is 0.790 bits per heavy atom. The summed E-state index contributed by atoms with van der Waals surface area (Å²) in [4.78, 5) is 18.9. The molecule has 0 aromatic heterocycles. The molecule has 62 heavy (non-hydrogen) atoms. The Morgan fingerprint density at radius 2 is 0.677 bits per heavy atom. The van der Waals surface area contributed by atoms with Gasteiger partial charge in [0, 0.05) is 30.2 Å². The molecule has 3 rings (SSSR count). The van der Waals surface area contributed by atoms with Crippen LogP contribution in [0.5, 0.6) is 0 Å². The number of hydrogen-bond acceptors (Lipinski definition) is 15. The number of hydrogen-bond donors (Lipinski definition) is 6. The quantitative estimate of drug-likeness (QED) is 0.0789. The lowest BCUT2D eigenvalue weighted by atomic mass is 10.4. The highest BCUT2D eigenvalue weighted by atomic mass is 35.5. The van der Waals surface area contributed by atoms with Gasteiger partial charge in [0.25, 0.3) is 5.97 Å². The molecule has 0 radical (unpaired) electrons. The molecular weight excluding hydrogens is 1030 g/mol. The number of Topliss-reactive ketones (excluding diaryl/α,β-unsaturated/α-hetero) is 1. The largest absolute Gasteiger partial charge is 0.481 e. The van der Waals surface area contributed by atoms with Gasteiger partial charge in [0.2, 0.25) is 9.84 Å². The molecule has 5 N–H and O–H groups in total. The van der Waals surface area contributed by atoms with Gasteiger partial charge in [0.1, 0.15) is 5.78 Å². The van der Waals surface area contributed by atoms with Crippen LogP contribution in [-0.2, 0) is 61.4 Å². The van der Waals surface area contributed by atoms with E-state index in [2.05, 4.69) is 12.6 Å². The summed E-state index contributed by atoms with van der Waals surface area (Å²) in [5.41, 5.74) is -1.39. The summed E-state index contributed by atoms with van der Waals surface area (Å²) in [6.45, 7) is 4.14. The van der Waals surface area contributed by atoms with Crippen molar-refractivity contribution >= 4 is 120 Å². The summed E-state index contributed by atoms with van der Waals surface area (Å²) in [7, 11) is -17.1. The summed E-state index contributed by atoms with van der Waals surface area (Å²) in [6, 6.07) is 21.5. The number of halogens is 3. The monoisotopic (exact) mass is 1100 g/mol. The van der Waals surface area contributed by atoms with Crippen LogP contribution >= 0.6 is 56.7 Å². The van der Waals surface area contributed by atoms with Gasteiger partial charge in [-0.15, -0.1) is 34.5 Å². The van der Waals surface area contributed by atoms with Gasteiger partial charge < -0.3 is 9.90 Å². The molecule has 0 bridgehead atoms. The highest BCUT2D eigenvalue weighted by Crippen LogP contribution is 2.23. The third-order valence-corrected chi connectivity index (χ3v) is 5.52. The average Bonchev–Trinajstić information content (AvgIpc) is 2.90. The molecule has 3 aromatic carbocycles. The number of aliphatic carboxylic acids is 1. The first-order chi connectivity index (χ1) is 24.3. The molecule has 0 heterocycles. The highest BCUT2D eigenvalue weighted by molar-refractivity contribution is 7.91. The summed E-state index contributed by atoms with van der Waals surface area (Å²) in [5, 5.41) is 9.21. The zero-order valence-electron chi connectivity index (χ0n) is 28.7. The van der Waals surface area contributed by atoms with Crippen LogP contribution in [0.4, 0.5) is 0 Å². The van der Waals surface area contributed by atoms with Crippen LogP contribution in [0, 0.1) is 0 Å². The Balaban J connectivity index is -0.0000000343. The molecule has 0 aliphatic rings. The number of thiol groups is 1. The molecular formula is C33H68Cl3O19PS6. The normalized spacial score (nSPS) is 8.58. The van der Waals surface area contributed by atoms with E-state index in [-0.39, 0.29) is 82.4 Å². The van der Waals surface area contributed by atoms with Crippen LogP contribution in [0.1, 0.15) is 90.4 Å². The first kappa shape index (κ1) is 94.1. The van der Waals surface area contributed by atoms with Crippen LogP contribution in [0.2, 0.25) is 15.1 Å². The molecule has 0 saturated carbocycles. The van der Waals surface area contributed by atoms with Gasteiger partial charge >= 0.3 is 42.0 Å². The second kappa shape index (κ2) is 60.5. The lowest BCUT2D eigenvalue weighted by molar-refractivity contribution is -0.134.